The Balaban J connectivity index is 1.30. The Kier molecular flexibility index (Phi) is 7.45. The Morgan fingerprint density at radius 2 is 1.55 bits per heavy atom. The van der Waals surface area contributed by atoms with E-state index in [9.17, 15) is 4.79 Å². The topological polar surface area (TPSA) is 56.8 Å². The number of benzene rings is 3. The Hall–Kier alpha value is -3.00. The maximum atomic E-state index is 12.9. The number of ether oxygens (including phenoxy) is 1. The molecule has 196 valence electrons. The average molecular weight is 527 g/mol. The molecule has 0 bridgehead atoms. The molecule has 5 rings (SSSR count). The SMILES string of the molecule is CSc1cccc(C=C(CNC(=O)OCC2c3ccccc3-c3ccccc32)B2OC(C)(C)C(C)(C)O2)c1. The summed E-state index contributed by atoms with van der Waals surface area (Å²) >= 11 is 1.69. The van der Waals surface area contributed by atoms with Crippen LogP contribution in [0.2, 0.25) is 0 Å². The highest BCUT2D eigenvalue weighted by molar-refractivity contribution is 7.98. The molecular formula is C31H34BNO4S. The molecule has 1 amide bonds. The third kappa shape index (κ3) is 5.28. The van der Waals surface area contributed by atoms with E-state index in [0.717, 1.165) is 15.9 Å². The molecule has 0 unspecified atom stereocenters. The van der Waals surface area contributed by atoms with E-state index in [2.05, 4.69) is 48.0 Å². The first-order valence-electron chi connectivity index (χ1n) is 13.0. The third-order valence-corrected chi connectivity index (χ3v) is 8.51. The summed E-state index contributed by atoms with van der Waals surface area (Å²) in [5, 5.41) is 2.94. The molecule has 0 spiro atoms. The highest BCUT2D eigenvalue weighted by atomic mass is 32.2. The molecule has 1 saturated heterocycles. The van der Waals surface area contributed by atoms with E-state index in [-0.39, 0.29) is 19.1 Å². The molecule has 1 fully saturated rings. The lowest BCUT2D eigenvalue weighted by atomic mass is 9.77. The van der Waals surface area contributed by atoms with Gasteiger partial charge in [0.1, 0.15) is 6.61 Å². The lowest BCUT2D eigenvalue weighted by molar-refractivity contribution is 0.00578. The predicted octanol–water partition coefficient (Wildman–Crippen LogP) is 6.96. The monoisotopic (exact) mass is 527 g/mol. The fraction of sp³-hybridized carbons (Fsp3) is 0.323. The maximum Gasteiger partial charge on any atom is 0.492 e. The third-order valence-electron chi connectivity index (χ3n) is 7.78. The van der Waals surface area contributed by atoms with Crippen molar-refractivity contribution in [2.45, 2.75) is 49.7 Å². The normalized spacial score (nSPS) is 17.7. The van der Waals surface area contributed by atoms with Gasteiger partial charge in [0, 0.05) is 17.4 Å². The van der Waals surface area contributed by atoms with Gasteiger partial charge in [-0.2, -0.15) is 0 Å². The van der Waals surface area contributed by atoms with Crippen molar-refractivity contribution in [1.82, 2.24) is 5.32 Å². The zero-order valence-electron chi connectivity index (χ0n) is 22.6. The van der Waals surface area contributed by atoms with E-state index < -0.39 is 24.4 Å². The molecule has 2 aliphatic rings. The molecule has 1 aliphatic carbocycles. The molecule has 1 aliphatic heterocycles. The van der Waals surface area contributed by atoms with Gasteiger partial charge in [-0.1, -0.05) is 66.7 Å². The molecule has 7 heteroatoms. The van der Waals surface area contributed by atoms with Crippen LogP contribution in [0, 0.1) is 0 Å². The Labute approximate surface area is 230 Å². The molecule has 0 saturated carbocycles. The minimum Gasteiger partial charge on any atom is -0.449 e. The number of fused-ring (bicyclic) bond motifs is 3. The van der Waals surface area contributed by atoms with Gasteiger partial charge in [0.15, 0.2) is 0 Å². The van der Waals surface area contributed by atoms with Crippen LogP contribution in [0.15, 0.2) is 83.2 Å². The number of rotatable bonds is 7. The fourth-order valence-electron chi connectivity index (χ4n) is 4.97. The fourth-order valence-corrected chi connectivity index (χ4v) is 5.43. The molecule has 0 aromatic heterocycles. The molecule has 0 radical (unpaired) electrons. The van der Waals surface area contributed by atoms with Crippen molar-refractivity contribution in [1.29, 1.82) is 0 Å². The van der Waals surface area contributed by atoms with Gasteiger partial charge in [-0.15, -0.1) is 11.8 Å². The number of carbonyl (C=O) groups excluding carboxylic acids is 1. The maximum absolute atomic E-state index is 12.9. The van der Waals surface area contributed by atoms with Crippen molar-refractivity contribution < 1.29 is 18.8 Å². The summed E-state index contributed by atoms with van der Waals surface area (Å²) in [4.78, 5) is 14.1. The Bertz CT molecular complexity index is 1310. The molecule has 5 nitrogen and oxygen atoms in total. The highest BCUT2D eigenvalue weighted by Crippen LogP contribution is 2.44. The first-order valence-corrected chi connectivity index (χ1v) is 14.2. The molecule has 1 N–H and O–H groups in total. The van der Waals surface area contributed by atoms with Crippen molar-refractivity contribution in [3.05, 3.63) is 95.0 Å². The molecule has 1 heterocycles. The first kappa shape index (κ1) is 26.6. The van der Waals surface area contributed by atoms with Crippen LogP contribution >= 0.6 is 11.8 Å². The summed E-state index contributed by atoms with van der Waals surface area (Å²) in [6, 6.07) is 24.9. The largest absolute Gasteiger partial charge is 0.492 e. The van der Waals surface area contributed by atoms with E-state index in [0.29, 0.717) is 0 Å². The predicted molar refractivity (Wildman–Crippen MR) is 155 cm³/mol. The van der Waals surface area contributed by atoms with E-state index in [4.69, 9.17) is 14.0 Å². The van der Waals surface area contributed by atoms with E-state index in [1.807, 2.05) is 70.2 Å². The van der Waals surface area contributed by atoms with Crippen LogP contribution in [-0.2, 0) is 14.0 Å². The minimum atomic E-state index is -0.577. The number of carbonyl (C=O) groups is 1. The van der Waals surface area contributed by atoms with Gasteiger partial charge < -0.3 is 19.4 Å². The smallest absolute Gasteiger partial charge is 0.449 e. The Morgan fingerprint density at radius 1 is 0.947 bits per heavy atom. The van der Waals surface area contributed by atoms with Gasteiger partial charge in [0.2, 0.25) is 0 Å². The number of thioether (sulfide) groups is 1. The quantitative estimate of drug-likeness (QED) is 0.266. The van der Waals surface area contributed by atoms with E-state index in [1.54, 1.807) is 11.8 Å². The summed E-state index contributed by atoms with van der Waals surface area (Å²) in [6.07, 6.45) is 3.62. The zero-order chi connectivity index (χ0) is 26.9. The van der Waals surface area contributed by atoms with Crippen molar-refractivity contribution in [3.63, 3.8) is 0 Å². The second-order valence-electron chi connectivity index (χ2n) is 10.8. The van der Waals surface area contributed by atoms with Gasteiger partial charge in [-0.3, -0.25) is 0 Å². The van der Waals surface area contributed by atoms with Crippen LogP contribution in [0.25, 0.3) is 17.2 Å². The van der Waals surface area contributed by atoms with Crippen LogP contribution < -0.4 is 5.32 Å². The van der Waals surface area contributed by atoms with Gasteiger partial charge >= 0.3 is 13.2 Å². The number of alkyl carbamates (subject to hydrolysis) is 1. The van der Waals surface area contributed by atoms with Crippen molar-refractivity contribution >= 4 is 31.0 Å². The summed E-state index contributed by atoms with van der Waals surface area (Å²) in [5.74, 6) is 0.0144. The first-order chi connectivity index (χ1) is 18.2. The summed E-state index contributed by atoms with van der Waals surface area (Å²) < 4.78 is 18.4. The average Bonchev–Trinajstić information content (AvgIpc) is 3.34. The van der Waals surface area contributed by atoms with Crippen molar-refractivity contribution in [2.24, 2.45) is 0 Å². The van der Waals surface area contributed by atoms with E-state index >= 15 is 0 Å². The molecule has 38 heavy (non-hydrogen) atoms. The van der Waals surface area contributed by atoms with Gasteiger partial charge in [0.25, 0.3) is 0 Å². The van der Waals surface area contributed by atoms with Gasteiger partial charge in [-0.05, 0) is 79.4 Å². The number of hydrogen-bond acceptors (Lipinski definition) is 5. The number of amides is 1. The van der Waals surface area contributed by atoms with Crippen LogP contribution in [0.3, 0.4) is 0 Å². The second kappa shape index (κ2) is 10.6. The van der Waals surface area contributed by atoms with Crippen LogP contribution in [0.5, 0.6) is 0 Å². The zero-order valence-corrected chi connectivity index (χ0v) is 23.4. The molecule has 3 aromatic carbocycles. The Morgan fingerprint density at radius 3 is 2.16 bits per heavy atom. The number of nitrogens with one attached hydrogen (secondary N) is 1. The van der Waals surface area contributed by atoms with Crippen LogP contribution in [0.1, 0.15) is 50.3 Å². The summed E-state index contributed by atoms with van der Waals surface area (Å²) in [7, 11) is -0.577. The summed E-state index contributed by atoms with van der Waals surface area (Å²) in [6.45, 7) is 8.62. The van der Waals surface area contributed by atoms with E-state index in [1.165, 1.54) is 22.3 Å². The lowest BCUT2D eigenvalue weighted by Gasteiger charge is -2.32. The van der Waals surface area contributed by atoms with Gasteiger partial charge in [-0.25, -0.2) is 4.79 Å². The molecular weight excluding hydrogens is 493 g/mol. The lowest BCUT2D eigenvalue weighted by Crippen LogP contribution is -2.41. The minimum absolute atomic E-state index is 0.0144. The van der Waals surface area contributed by atoms with Crippen molar-refractivity contribution in [3.8, 4) is 11.1 Å². The standard InChI is InChI=1S/C31H34BNO4S/c1-30(2)31(3,4)37-32(36-30)22(17-21-11-10-12-23(18-21)38-5)19-33-29(34)35-20-28-26-15-8-6-13-24(26)25-14-7-9-16-27(25)28/h6-18,28H,19-20H2,1-5H3,(H,33,34). The van der Waals surface area contributed by atoms with Gasteiger partial charge in [0.05, 0.1) is 11.2 Å². The second-order valence-corrected chi connectivity index (χ2v) is 11.6. The van der Waals surface area contributed by atoms with Crippen molar-refractivity contribution in [2.75, 3.05) is 19.4 Å². The number of hydrogen-bond donors (Lipinski definition) is 1. The van der Waals surface area contributed by atoms with Crippen LogP contribution in [-0.4, -0.2) is 43.8 Å². The van der Waals surface area contributed by atoms with Crippen LogP contribution in [0.4, 0.5) is 4.79 Å². The summed E-state index contributed by atoms with van der Waals surface area (Å²) in [5.41, 5.74) is 5.67. The molecule has 0 atom stereocenters. The molecule has 3 aromatic rings. The highest BCUT2D eigenvalue weighted by Gasteiger charge is 2.52.